The number of carbonyl (C=O) groups is 1. The van der Waals surface area contributed by atoms with E-state index in [-0.39, 0.29) is 5.56 Å². The van der Waals surface area contributed by atoms with Gasteiger partial charge in [-0.1, -0.05) is 18.5 Å². The van der Waals surface area contributed by atoms with Crippen LogP contribution in [0.3, 0.4) is 0 Å². The van der Waals surface area contributed by atoms with Gasteiger partial charge in [0.2, 0.25) is 0 Å². The van der Waals surface area contributed by atoms with Gasteiger partial charge < -0.3 is 10.4 Å². The van der Waals surface area contributed by atoms with Crippen LogP contribution < -0.4 is 5.32 Å². The van der Waals surface area contributed by atoms with Crippen molar-refractivity contribution < 1.29 is 9.90 Å². The predicted molar refractivity (Wildman–Crippen MR) is 77.2 cm³/mol. The third-order valence-corrected chi connectivity index (χ3v) is 3.97. The molecule has 0 atom stereocenters. The van der Waals surface area contributed by atoms with E-state index >= 15 is 0 Å². The van der Waals surface area contributed by atoms with E-state index in [0.29, 0.717) is 17.3 Å². The normalized spacial score (nSPS) is 10.4. The van der Waals surface area contributed by atoms with Crippen LogP contribution in [0.1, 0.15) is 27.2 Å². The van der Waals surface area contributed by atoms with Gasteiger partial charge in [0.15, 0.2) is 0 Å². The van der Waals surface area contributed by atoms with Crippen molar-refractivity contribution in [2.24, 2.45) is 0 Å². The third kappa shape index (κ3) is 3.45. The Balaban J connectivity index is 2.14. The fourth-order valence-electron chi connectivity index (χ4n) is 1.61. The van der Waals surface area contributed by atoms with Crippen LogP contribution in [0.4, 0.5) is 5.69 Å². The largest absolute Gasteiger partial charge is 0.478 e. The van der Waals surface area contributed by atoms with Gasteiger partial charge in [-0.25, -0.2) is 9.78 Å². The first kappa shape index (κ1) is 13.8. The van der Waals surface area contributed by atoms with E-state index < -0.39 is 5.97 Å². The number of nitrogens with one attached hydrogen (secondary N) is 1. The molecule has 0 aliphatic carbocycles. The molecule has 0 aliphatic heterocycles. The second kappa shape index (κ2) is 6.04. The summed E-state index contributed by atoms with van der Waals surface area (Å²) in [5.41, 5.74) is 0.713. The molecule has 4 nitrogen and oxygen atoms in total. The summed E-state index contributed by atoms with van der Waals surface area (Å²) in [6.07, 6.45) is 2.80. The van der Waals surface area contributed by atoms with Crippen LogP contribution in [0.15, 0.2) is 24.4 Å². The number of thiazole rings is 1. The van der Waals surface area contributed by atoms with Gasteiger partial charge >= 0.3 is 5.97 Å². The van der Waals surface area contributed by atoms with E-state index in [1.807, 2.05) is 6.20 Å². The number of aromatic carboxylic acids is 1. The molecule has 0 amide bonds. The van der Waals surface area contributed by atoms with Gasteiger partial charge in [0.05, 0.1) is 17.8 Å². The first-order valence-electron chi connectivity index (χ1n) is 5.80. The van der Waals surface area contributed by atoms with Crippen LogP contribution in [-0.4, -0.2) is 16.1 Å². The lowest BCUT2D eigenvalue weighted by Gasteiger charge is -2.08. The molecule has 2 N–H and O–H groups in total. The van der Waals surface area contributed by atoms with Crippen molar-refractivity contribution in [1.29, 1.82) is 0 Å². The Morgan fingerprint density at radius 2 is 2.32 bits per heavy atom. The molecule has 0 spiro atoms. The molecule has 0 bridgehead atoms. The zero-order chi connectivity index (χ0) is 13.8. The number of anilines is 1. The number of hydrogen-bond acceptors (Lipinski definition) is 4. The molecule has 0 unspecified atom stereocenters. The average molecular weight is 297 g/mol. The number of halogens is 1. The van der Waals surface area contributed by atoms with Crippen LogP contribution in [0.25, 0.3) is 0 Å². The Morgan fingerprint density at radius 1 is 1.53 bits per heavy atom. The number of rotatable bonds is 5. The Hall–Kier alpha value is -1.59. The van der Waals surface area contributed by atoms with E-state index in [9.17, 15) is 4.79 Å². The molecule has 1 aromatic carbocycles. The fourth-order valence-corrected chi connectivity index (χ4v) is 2.59. The molecule has 19 heavy (non-hydrogen) atoms. The standard InChI is InChI=1S/C13H13ClN2O2S/c1-2-9-6-16-12(19-9)7-15-11-5-8(14)3-4-10(11)13(17)18/h3-6,15H,2,7H2,1H3,(H,17,18). The average Bonchev–Trinajstić information content (AvgIpc) is 2.84. The fraction of sp³-hybridized carbons (Fsp3) is 0.231. The molecule has 2 aromatic rings. The van der Waals surface area contributed by atoms with E-state index in [2.05, 4.69) is 17.2 Å². The van der Waals surface area contributed by atoms with Crippen LogP contribution >= 0.6 is 22.9 Å². The number of aromatic nitrogens is 1. The Morgan fingerprint density at radius 3 is 2.95 bits per heavy atom. The highest BCUT2D eigenvalue weighted by Gasteiger charge is 2.10. The lowest BCUT2D eigenvalue weighted by molar-refractivity contribution is 0.0698. The second-order valence-electron chi connectivity index (χ2n) is 3.92. The van der Waals surface area contributed by atoms with Crippen LogP contribution in [-0.2, 0) is 13.0 Å². The summed E-state index contributed by atoms with van der Waals surface area (Å²) in [5, 5.41) is 13.6. The lowest BCUT2D eigenvalue weighted by Crippen LogP contribution is -2.06. The zero-order valence-corrected chi connectivity index (χ0v) is 11.9. The SMILES string of the molecule is CCc1cnc(CNc2cc(Cl)ccc2C(=O)O)s1. The maximum absolute atomic E-state index is 11.1. The van der Waals surface area contributed by atoms with E-state index in [0.717, 1.165) is 11.4 Å². The van der Waals surface area contributed by atoms with Gasteiger partial charge in [0.25, 0.3) is 0 Å². The van der Waals surface area contributed by atoms with Crippen molar-refractivity contribution in [3.05, 3.63) is 44.9 Å². The van der Waals surface area contributed by atoms with Crippen molar-refractivity contribution in [3.63, 3.8) is 0 Å². The minimum absolute atomic E-state index is 0.205. The highest BCUT2D eigenvalue weighted by atomic mass is 35.5. The number of nitrogens with zero attached hydrogens (tertiary/aromatic N) is 1. The summed E-state index contributed by atoms with van der Waals surface area (Å²) in [6, 6.07) is 4.67. The maximum Gasteiger partial charge on any atom is 0.337 e. The van der Waals surface area contributed by atoms with Gasteiger partial charge in [-0.05, 0) is 24.6 Å². The molecule has 0 radical (unpaired) electrons. The first-order valence-corrected chi connectivity index (χ1v) is 7.00. The highest BCUT2D eigenvalue weighted by Crippen LogP contribution is 2.22. The smallest absolute Gasteiger partial charge is 0.337 e. The summed E-state index contributed by atoms with van der Waals surface area (Å²) in [6.45, 7) is 2.56. The minimum Gasteiger partial charge on any atom is -0.478 e. The highest BCUT2D eigenvalue weighted by molar-refractivity contribution is 7.11. The molecule has 1 aromatic heterocycles. The summed E-state index contributed by atoms with van der Waals surface area (Å²) in [4.78, 5) is 16.6. The van der Waals surface area contributed by atoms with Crippen LogP contribution in [0.5, 0.6) is 0 Å². The summed E-state index contributed by atoms with van der Waals surface area (Å²) in [5.74, 6) is -0.979. The summed E-state index contributed by atoms with van der Waals surface area (Å²) in [7, 11) is 0. The Bertz CT molecular complexity index is 598. The summed E-state index contributed by atoms with van der Waals surface area (Å²) >= 11 is 7.50. The molecule has 2 rings (SSSR count). The lowest BCUT2D eigenvalue weighted by atomic mass is 10.2. The van der Waals surface area contributed by atoms with E-state index in [1.54, 1.807) is 23.5 Å². The molecular formula is C13H13ClN2O2S. The number of carboxylic acid groups (broad SMARTS) is 1. The molecule has 6 heteroatoms. The molecule has 100 valence electrons. The second-order valence-corrected chi connectivity index (χ2v) is 5.56. The van der Waals surface area contributed by atoms with E-state index in [1.165, 1.54) is 10.9 Å². The van der Waals surface area contributed by atoms with Gasteiger partial charge in [-0.15, -0.1) is 11.3 Å². The third-order valence-electron chi connectivity index (χ3n) is 2.59. The number of benzene rings is 1. The summed E-state index contributed by atoms with van der Waals surface area (Å²) < 4.78 is 0. The molecular weight excluding hydrogens is 284 g/mol. The maximum atomic E-state index is 11.1. The molecule has 0 saturated carbocycles. The molecule has 0 saturated heterocycles. The first-order chi connectivity index (χ1) is 9.10. The van der Waals surface area contributed by atoms with Gasteiger partial charge in [0, 0.05) is 16.1 Å². The molecule has 1 heterocycles. The van der Waals surface area contributed by atoms with Gasteiger partial charge in [-0.3, -0.25) is 0 Å². The Kier molecular flexibility index (Phi) is 4.39. The van der Waals surface area contributed by atoms with Crippen molar-refractivity contribution in [2.75, 3.05) is 5.32 Å². The molecule has 0 aliphatic rings. The van der Waals surface area contributed by atoms with Crippen molar-refractivity contribution >= 4 is 34.6 Å². The van der Waals surface area contributed by atoms with Crippen molar-refractivity contribution in [3.8, 4) is 0 Å². The van der Waals surface area contributed by atoms with Crippen LogP contribution in [0.2, 0.25) is 5.02 Å². The van der Waals surface area contributed by atoms with Crippen molar-refractivity contribution in [2.45, 2.75) is 19.9 Å². The van der Waals surface area contributed by atoms with E-state index in [4.69, 9.17) is 16.7 Å². The monoisotopic (exact) mass is 296 g/mol. The van der Waals surface area contributed by atoms with Crippen molar-refractivity contribution in [1.82, 2.24) is 4.98 Å². The number of aryl methyl sites for hydroxylation is 1. The predicted octanol–water partition coefficient (Wildman–Crippen LogP) is 3.67. The zero-order valence-electron chi connectivity index (χ0n) is 10.3. The number of carboxylic acids is 1. The quantitative estimate of drug-likeness (QED) is 0.884. The molecule has 0 fully saturated rings. The Labute approximate surface area is 120 Å². The van der Waals surface area contributed by atoms with Gasteiger partial charge in [0.1, 0.15) is 5.01 Å². The number of hydrogen-bond donors (Lipinski definition) is 2. The van der Waals surface area contributed by atoms with Crippen LogP contribution in [0, 0.1) is 0 Å². The topological polar surface area (TPSA) is 62.2 Å². The minimum atomic E-state index is -0.979. The van der Waals surface area contributed by atoms with Gasteiger partial charge in [-0.2, -0.15) is 0 Å².